The Labute approximate surface area is 146 Å². The van der Waals surface area contributed by atoms with E-state index in [0.717, 1.165) is 11.3 Å². The Morgan fingerprint density at radius 3 is 2.32 bits per heavy atom. The van der Waals surface area contributed by atoms with Crippen LogP contribution in [0.25, 0.3) is 0 Å². The van der Waals surface area contributed by atoms with Gasteiger partial charge in [-0.1, -0.05) is 26.0 Å². The molecule has 1 heterocycles. The summed E-state index contributed by atoms with van der Waals surface area (Å²) in [4.78, 5) is 12.4. The molecule has 0 saturated heterocycles. The second-order valence-corrected chi connectivity index (χ2v) is 6.35. The van der Waals surface area contributed by atoms with Crippen LogP contribution in [0.15, 0.2) is 18.2 Å². The van der Waals surface area contributed by atoms with Crippen molar-refractivity contribution in [3.63, 3.8) is 0 Å². The number of nitrogens with zero attached hydrogens (tertiary/aromatic N) is 2. The molecule has 0 bridgehead atoms. The maximum absolute atomic E-state index is 12.4. The quantitative estimate of drug-likeness (QED) is 0.863. The van der Waals surface area contributed by atoms with Gasteiger partial charge in [-0.15, -0.1) is 0 Å². The third-order valence-electron chi connectivity index (χ3n) is 3.90. The van der Waals surface area contributed by atoms with Gasteiger partial charge in [-0.05, 0) is 42.5 Å². The predicted octanol–water partition coefficient (Wildman–Crippen LogP) is 3.69. The van der Waals surface area contributed by atoms with Crippen LogP contribution in [0.1, 0.15) is 52.6 Å². The van der Waals surface area contributed by atoms with E-state index >= 15 is 0 Å². The third kappa shape index (κ3) is 4.55. The van der Waals surface area contributed by atoms with Crippen LogP contribution in [-0.4, -0.2) is 22.3 Å². The van der Waals surface area contributed by atoms with Crippen LogP contribution in [0.5, 0.6) is 5.75 Å². The summed E-state index contributed by atoms with van der Waals surface area (Å²) < 4.78 is 31.0. The second-order valence-electron chi connectivity index (χ2n) is 6.35. The van der Waals surface area contributed by atoms with E-state index in [1.165, 1.54) is 0 Å². The fourth-order valence-electron chi connectivity index (χ4n) is 2.67. The first-order chi connectivity index (χ1) is 11.7. The van der Waals surface area contributed by atoms with Gasteiger partial charge in [0.05, 0.1) is 5.69 Å². The summed E-state index contributed by atoms with van der Waals surface area (Å²) in [6, 6.07) is 5.23. The van der Waals surface area contributed by atoms with Crippen molar-refractivity contribution in [2.24, 2.45) is 7.05 Å². The molecule has 0 aliphatic carbocycles. The number of aromatic nitrogens is 2. The van der Waals surface area contributed by atoms with Gasteiger partial charge in [0.25, 0.3) is 5.91 Å². The van der Waals surface area contributed by atoms with Crippen LogP contribution < -0.4 is 10.1 Å². The molecule has 1 aromatic carbocycles. The SMILES string of the molecule is Cc1cc(CNC(=O)c2cc(C(C)C)nn2C)cc(C)c1OC(F)F. The molecule has 0 atom stereocenters. The lowest BCUT2D eigenvalue weighted by molar-refractivity contribution is -0.0507. The van der Waals surface area contributed by atoms with Gasteiger partial charge >= 0.3 is 6.61 Å². The molecular formula is C18H23F2N3O2. The molecule has 0 spiro atoms. The summed E-state index contributed by atoms with van der Waals surface area (Å²) >= 11 is 0. The summed E-state index contributed by atoms with van der Waals surface area (Å²) in [5.41, 5.74) is 3.36. The molecule has 0 unspecified atom stereocenters. The van der Waals surface area contributed by atoms with Crippen molar-refractivity contribution in [1.82, 2.24) is 15.1 Å². The summed E-state index contributed by atoms with van der Waals surface area (Å²) in [6.45, 7) is 4.86. The highest BCUT2D eigenvalue weighted by Gasteiger charge is 2.16. The van der Waals surface area contributed by atoms with Gasteiger partial charge in [0.2, 0.25) is 0 Å². The zero-order valence-electron chi connectivity index (χ0n) is 15.1. The van der Waals surface area contributed by atoms with Gasteiger partial charge < -0.3 is 10.1 Å². The molecule has 0 aliphatic heterocycles. The van der Waals surface area contributed by atoms with Crippen molar-refractivity contribution in [3.8, 4) is 5.75 Å². The number of alkyl halides is 2. The number of nitrogens with one attached hydrogen (secondary N) is 1. The second kappa shape index (κ2) is 7.63. The zero-order chi connectivity index (χ0) is 18.7. The Bertz CT molecular complexity index is 747. The van der Waals surface area contributed by atoms with Gasteiger partial charge in [-0.2, -0.15) is 13.9 Å². The number of aryl methyl sites for hydroxylation is 3. The molecule has 1 amide bonds. The van der Waals surface area contributed by atoms with E-state index in [-0.39, 0.29) is 24.1 Å². The summed E-state index contributed by atoms with van der Waals surface area (Å²) in [7, 11) is 1.73. The molecule has 1 aromatic heterocycles. The third-order valence-corrected chi connectivity index (χ3v) is 3.90. The smallest absolute Gasteiger partial charge is 0.387 e. The first-order valence-corrected chi connectivity index (χ1v) is 8.06. The maximum atomic E-state index is 12.4. The normalized spacial score (nSPS) is 11.2. The minimum atomic E-state index is -2.86. The molecule has 2 rings (SSSR count). The Hall–Kier alpha value is -2.44. The van der Waals surface area contributed by atoms with E-state index in [9.17, 15) is 13.6 Å². The van der Waals surface area contributed by atoms with Gasteiger partial charge in [0.1, 0.15) is 11.4 Å². The highest BCUT2D eigenvalue weighted by atomic mass is 19.3. The highest BCUT2D eigenvalue weighted by Crippen LogP contribution is 2.26. The molecule has 2 aromatic rings. The number of hydrogen-bond acceptors (Lipinski definition) is 3. The van der Waals surface area contributed by atoms with Gasteiger partial charge in [-0.3, -0.25) is 9.48 Å². The van der Waals surface area contributed by atoms with Crippen LogP contribution in [0.4, 0.5) is 8.78 Å². The van der Waals surface area contributed by atoms with Crippen molar-refractivity contribution in [2.75, 3.05) is 0 Å². The Morgan fingerprint density at radius 1 is 1.24 bits per heavy atom. The number of carbonyl (C=O) groups is 1. The van der Waals surface area contributed by atoms with Crippen LogP contribution in [0.3, 0.4) is 0 Å². The largest absolute Gasteiger partial charge is 0.434 e. The molecule has 136 valence electrons. The van der Waals surface area contributed by atoms with Gasteiger partial charge in [-0.25, -0.2) is 0 Å². The average molecular weight is 351 g/mol. The number of rotatable bonds is 6. The lowest BCUT2D eigenvalue weighted by Crippen LogP contribution is -2.25. The molecule has 1 N–H and O–H groups in total. The molecule has 0 saturated carbocycles. The summed E-state index contributed by atoms with van der Waals surface area (Å²) in [5, 5.41) is 7.16. The van der Waals surface area contributed by atoms with Gasteiger partial charge in [0.15, 0.2) is 0 Å². The highest BCUT2D eigenvalue weighted by molar-refractivity contribution is 5.92. The Morgan fingerprint density at radius 2 is 1.84 bits per heavy atom. The maximum Gasteiger partial charge on any atom is 0.387 e. The molecule has 5 nitrogen and oxygen atoms in total. The topological polar surface area (TPSA) is 56.2 Å². The van der Waals surface area contributed by atoms with Crippen molar-refractivity contribution >= 4 is 5.91 Å². The number of benzene rings is 1. The lowest BCUT2D eigenvalue weighted by atomic mass is 10.1. The minimum Gasteiger partial charge on any atom is -0.434 e. The van der Waals surface area contributed by atoms with Crippen LogP contribution in [-0.2, 0) is 13.6 Å². The van der Waals surface area contributed by atoms with E-state index in [1.807, 2.05) is 13.8 Å². The lowest BCUT2D eigenvalue weighted by Gasteiger charge is -2.13. The average Bonchev–Trinajstić information content (AvgIpc) is 2.90. The van der Waals surface area contributed by atoms with Gasteiger partial charge in [0, 0.05) is 13.6 Å². The van der Waals surface area contributed by atoms with Crippen molar-refractivity contribution in [2.45, 2.75) is 46.8 Å². The van der Waals surface area contributed by atoms with Crippen molar-refractivity contribution in [1.29, 1.82) is 0 Å². The zero-order valence-corrected chi connectivity index (χ0v) is 15.1. The first-order valence-electron chi connectivity index (χ1n) is 8.06. The molecule has 25 heavy (non-hydrogen) atoms. The number of carbonyl (C=O) groups excluding carboxylic acids is 1. The van der Waals surface area contributed by atoms with Crippen LogP contribution in [0, 0.1) is 13.8 Å². The Kier molecular flexibility index (Phi) is 5.77. The fourth-order valence-corrected chi connectivity index (χ4v) is 2.67. The molecular weight excluding hydrogens is 328 g/mol. The van der Waals surface area contributed by atoms with Crippen molar-refractivity contribution < 1.29 is 18.3 Å². The molecule has 7 heteroatoms. The fraction of sp³-hybridized carbons (Fsp3) is 0.444. The molecule has 0 fully saturated rings. The molecule has 0 radical (unpaired) electrons. The standard InChI is InChI=1S/C18H23F2N3O2/c1-10(2)14-8-15(23(5)22-14)17(24)21-9-13-6-11(3)16(12(4)7-13)25-18(19)20/h6-8,10,18H,9H2,1-5H3,(H,21,24). The number of halogens is 2. The monoisotopic (exact) mass is 351 g/mol. The number of hydrogen-bond donors (Lipinski definition) is 1. The Balaban J connectivity index is 2.09. The van der Waals surface area contributed by atoms with Crippen LogP contribution >= 0.6 is 0 Å². The summed E-state index contributed by atoms with van der Waals surface area (Å²) in [6.07, 6.45) is 0. The van der Waals surface area contributed by atoms with E-state index in [4.69, 9.17) is 0 Å². The van der Waals surface area contributed by atoms with Crippen LogP contribution in [0.2, 0.25) is 0 Å². The predicted molar refractivity (Wildman–Crippen MR) is 91.0 cm³/mol. The number of amides is 1. The minimum absolute atomic E-state index is 0.179. The number of ether oxygens (including phenoxy) is 1. The first kappa shape index (κ1) is 18.9. The van der Waals surface area contributed by atoms with E-state index in [1.54, 1.807) is 43.8 Å². The van der Waals surface area contributed by atoms with Crippen molar-refractivity contribution in [3.05, 3.63) is 46.3 Å². The van der Waals surface area contributed by atoms with E-state index in [2.05, 4.69) is 15.2 Å². The van der Waals surface area contributed by atoms with E-state index in [0.29, 0.717) is 16.8 Å². The van der Waals surface area contributed by atoms with E-state index < -0.39 is 6.61 Å². The summed E-state index contributed by atoms with van der Waals surface area (Å²) in [5.74, 6) is 0.184. The molecule has 0 aliphatic rings.